The predicted octanol–water partition coefficient (Wildman–Crippen LogP) is 2.47. The smallest absolute Gasteiger partial charge is 0.277 e. The average Bonchev–Trinajstić information content (AvgIpc) is 2.61. The molecule has 0 saturated heterocycles. The topological polar surface area (TPSA) is 76.9 Å². The number of pyridine rings is 1. The van der Waals surface area contributed by atoms with Crippen molar-refractivity contribution in [1.82, 2.24) is 14.8 Å². The molecule has 132 valence electrons. The number of hydrogen-bond donors (Lipinski definition) is 1. The lowest BCUT2D eigenvalue weighted by atomic mass is 10.1. The van der Waals surface area contributed by atoms with Crippen LogP contribution in [0.5, 0.6) is 0 Å². The summed E-state index contributed by atoms with van der Waals surface area (Å²) < 4.78 is 14.4. The fourth-order valence-corrected chi connectivity index (χ4v) is 2.53. The number of hydrogen-bond acceptors (Lipinski definition) is 4. The fourth-order valence-electron chi connectivity index (χ4n) is 2.53. The van der Waals surface area contributed by atoms with Crippen LogP contribution in [0.3, 0.4) is 0 Å². The molecule has 26 heavy (non-hydrogen) atoms. The molecule has 0 bridgehead atoms. The number of aromatic nitrogens is 3. The number of amides is 1. The normalized spacial score (nSPS) is 10.6. The molecule has 0 aliphatic rings. The summed E-state index contributed by atoms with van der Waals surface area (Å²) in [5, 5.41) is 6.58. The van der Waals surface area contributed by atoms with Crippen LogP contribution in [0.1, 0.15) is 27.2 Å². The van der Waals surface area contributed by atoms with Crippen LogP contribution in [0.25, 0.3) is 0 Å². The number of carbonyl (C=O) groups is 1. The third kappa shape index (κ3) is 4.00. The van der Waals surface area contributed by atoms with E-state index in [2.05, 4.69) is 15.4 Å². The summed E-state index contributed by atoms with van der Waals surface area (Å²) in [7, 11) is 1.49. The van der Waals surface area contributed by atoms with Gasteiger partial charge in [-0.05, 0) is 48.7 Å². The second kappa shape index (κ2) is 7.26. The summed E-state index contributed by atoms with van der Waals surface area (Å²) >= 11 is 0. The van der Waals surface area contributed by atoms with Crippen LogP contribution in [0, 0.1) is 12.7 Å². The second-order valence-electron chi connectivity index (χ2n) is 5.95. The molecule has 7 heteroatoms. The maximum Gasteiger partial charge on any atom is 0.277 e. The molecule has 6 nitrogen and oxygen atoms in total. The summed E-state index contributed by atoms with van der Waals surface area (Å²) in [6.07, 6.45) is 2.17. The third-order valence-corrected chi connectivity index (χ3v) is 3.84. The van der Waals surface area contributed by atoms with Crippen molar-refractivity contribution >= 4 is 11.7 Å². The van der Waals surface area contributed by atoms with Crippen LogP contribution < -0.4 is 10.9 Å². The zero-order valence-corrected chi connectivity index (χ0v) is 14.4. The Balaban J connectivity index is 1.71. The first kappa shape index (κ1) is 17.5. The summed E-state index contributed by atoms with van der Waals surface area (Å²) in [5.74, 6) is -0.361. The number of anilines is 1. The number of halogens is 1. The highest BCUT2D eigenvalue weighted by molar-refractivity contribution is 6.02. The van der Waals surface area contributed by atoms with Crippen LogP contribution >= 0.6 is 0 Å². The van der Waals surface area contributed by atoms with Crippen molar-refractivity contribution in [3.63, 3.8) is 0 Å². The van der Waals surface area contributed by atoms with Gasteiger partial charge in [-0.15, -0.1) is 0 Å². The highest BCUT2D eigenvalue weighted by Gasteiger charge is 2.12. The molecule has 0 spiro atoms. The van der Waals surface area contributed by atoms with Crippen molar-refractivity contribution in [2.75, 3.05) is 5.32 Å². The summed E-state index contributed by atoms with van der Waals surface area (Å²) in [6, 6.07) is 11.3. The first-order valence-electron chi connectivity index (χ1n) is 7.98. The van der Waals surface area contributed by atoms with Crippen molar-refractivity contribution < 1.29 is 9.18 Å². The Labute approximate surface area is 149 Å². The van der Waals surface area contributed by atoms with E-state index in [1.165, 1.54) is 25.2 Å². The molecule has 3 rings (SSSR count). The van der Waals surface area contributed by atoms with E-state index in [0.717, 1.165) is 15.8 Å². The average molecular weight is 352 g/mol. The molecule has 0 radical (unpaired) electrons. The molecule has 0 unspecified atom stereocenters. The highest BCUT2D eigenvalue weighted by atomic mass is 19.1. The summed E-state index contributed by atoms with van der Waals surface area (Å²) in [5.41, 5.74) is 2.06. The summed E-state index contributed by atoms with van der Waals surface area (Å²) in [4.78, 5) is 28.1. The van der Waals surface area contributed by atoms with Crippen LogP contribution in [0.2, 0.25) is 0 Å². The molecule has 0 aliphatic carbocycles. The van der Waals surface area contributed by atoms with E-state index < -0.39 is 5.91 Å². The third-order valence-electron chi connectivity index (χ3n) is 3.84. The number of rotatable bonds is 4. The van der Waals surface area contributed by atoms with Gasteiger partial charge in [0.2, 0.25) is 0 Å². The standard InChI is InChI=1S/C19H17FN4O2/c1-12-8-16(23-24(2)19(12)26)18(25)22-17-7-6-14(11-21-17)9-13-4-3-5-15(20)10-13/h3-8,10-11H,9H2,1-2H3,(H,21,22,25). The Kier molecular flexibility index (Phi) is 4.88. The van der Waals surface area contributed by atoms with E-state index in [1.807, 2.05) is 12.1 Å². The maximum absolute atomic E-state index is 13.2. The van der Waals surface area contributed by atoms with Crippen molar-refractivity contribution in [3.05, 3.63) is 87.2 Å². The van der Waals surface area contributed by atoms with Gasteiger partial charge in [0.15, 0.2) is 0 Å². The van der Waals surface area contributed by atoms with E-state index in [4.69, 9.17) is 0 Å². The van der Waals surface area contributed by atoms with Gasteiger partial charge in [0.25, 0.3) is 11.5 Å². The quantitative estimate of drug-likeness (QED) is 0.782. The molecular formula is C19H17FN4O2. The fraction of sp³-hybridized carbons (Fsp3) is 0.158. The number of aryl methyl sites for hydroxylation is 2. The van der Waals surface area contributed by atoms with Gasteiger partial charge in [-0.2, -0.15) is 5.10 Å². The van der Waals surface area contributed by atoms with Crippen LogP contribution in [-0.2, 0) is 13.5 Å². The van der Waals surface area contributed by atoms with Crippen LogP contribution in [0.15, 0.2) is 53.5 Å². The summed E-state index contributed by atoms with van der Waals surface area (Å²) in [6.45, 7) is 1.63. The monoisotopic (exact) mass is 352 g/mol. The Hall–Kier alpha value is -3.35. The minimum absolute atomic E-state index is 0.134. The van der Waals surface area contributed by atoms with Gasteiger partial charge in [-0.1, -0.05) is 18.2 Å². The van der Waals surface area contributed by atoms with Gasteiger partial charge in [0, 0.05) is 18.8 Å². The molecule has 2 aromatic heterocycles. The number of benzene rings is 1. The van der Waals surface area contributed by atoms with Gasteiger partial charge in [-0.25, -0.2) is 14.1 Å². The molecule has 0 atom stereocenters. The van der Waals surface area contributed by atoms with Gasteiger partial charge < -0.3 is 5.32 Å². The molecular weight excluding hydrogens is 335 g/mol. The lowest BCUT2D eigenvalue weighted by Gasteiger charge is -2.07. The number of nitrogens with zero attached hydrogens (tertiary/aromatic N) is 3. The lowest BCUT2D eigenvalue weighted by molar-refractivity contribution is 0.101. The Morgan fingerprint density at radius 2 is 2.00 bits per heavy atom. The molecule has 3 aromatic rings. The predicted molar refractivity (Wildman–Crippen MR) is 95.6 cm³/mol. The van der Waals surface area contributed by atoms with Gasteiger partial charge in [0.05, 0.1) is 0 Å². The second-order valence-corrected chi connectivity index (χ2v) is 5.95. The van der Waals surface area contributed by atoms with Crippen molar-refractivity contribution in [3.8, 4) is 0 Å². The van der Waals surface area contributed by atoms with Crippen molar-refractivity contribution in [1.29, 1.82) is 0 Å². The van der Waals surface area contributed by atoms with E-state index in [9.17, 15) is 14.0 Å². The van der Waals surface area contributed by atoms with Crippen molar-refractivity contribution in [2.45, 2.75) is 13.3 Å². The maximum atomic E-state index is 13.2. The molecule has 0 aliphatic heterocycles. The minimum Gasteiger partial charge on any atom is -0.305 e. The van der Waals surface area contributed by atoms with Crippen molar-refractivity contribution in [2.24, 2.45) is 7.05 Å². The minimum atomic E-state index is -0.450. The van der Waals surface area contributed by atoms with Gasteiger partial charge in [0.1, 0.15) is 17.3 Å². The Morgan fingerprint density at radius 1 is 1.19 bits per heavy atom. The molecule has 0 fully saturated rings. The molecule has 1 amide bonds. The number of carbonyl (C=O) groups excluding carboxylic acids is 1. The van der Waals surface area contributed by atoms with Crippen LogP contribution in [0.4, 0.5) is 10.2 Å². The van der Waals surface area contributed by atoms with Crippen LogP contribution in [-0.4, -0.2) is 20.7 Å². The van der Waals surface area contributed by atoms with Gasteiger partial charge >= 0.3 is 0 Å². The van der Waals surface area contributed by atoms with E-state index >= 15 is 0 Å². The zero-order valence-electron chi connectivity index (χ0n) is 14.4. The molecule has 1 aromatic carbocycles. The first-order valence-corrected chi connectivity index (χ1v) is 7.98. The lowest BCUT2D eigenvalue weighted by Crippen LogP contribution is -2.26. The molecule has 2 heterocycles. The Bertz CT molecular complexity index is 987. The molecule has 1 N–H and O–H groups in total. The Morgan fingerprint density at radius 3 is 2.65 bits per heavy atom. The number of nitrogens with one attached hydrogen (secondary N) is 1. The zero-order chi connectivity index (χ0) is 18.7. The van der Waals surface area contributed by atoms with E-state index in [0.29, 0.717) is 17.8 Å². The van der Waals surface area contributed by atoms with Gasteiger partial charge in [-0.3, -0.25) is 9.59 Å². The SMILES string of the molecule is Cc1cc(C(=O)Nc2ccc(Cc3cccc(F)c3)cn2)nn(C)c1=O. The molecule has 0 saturated carbocycles. The highest BCUT2D eigenvalue weighted by Crippen LogP contribution is 2.12. The van der Waals surface area contributed by atoms with E-state index in [1.54, 1.807) is 25.3 Å². The largest absolute Gasteiger partial charge is 0.305 e. The first-order chi connectivity index (χ1) is 12.4. The van der Waals surface area contributed by atoms with E-state index in [-0.39, 0.29) is 17.1 Å².